The number of rotatable bonds is 9. The maximum Gasteiger partial charge on any atom is 0.0765 e. The highest BCUT2D eigenvalue weighted by molar-refractivity contribution is 9.12. The van der Waals surface area contributed by atoms with E-state index in [0.29, 0.717) is 23.6 Å². The lowest BCUT2D eigenvalue weighted by Crippen LogP contribution is -2.27. The van der Waals surface area contributed by atoms with Crippen LogP contribution in [0.25, 0.3) is 0 Å². The average Bonchev–Trinajstić information content (AvgIpc) is 3.08. The summed E-state index contributed by atoms with van der Waals surface area (Å²) in [4.78, 5) is 0. The molecule has 0 aromatic heterocycles. The topological polar surface area (TPSA) is 123 Å². The first-order valence-corrected chi connectivity index (χ1v) is 12.0. The van der Waals surface area contributed by atoms with E-state index in [1.54, 1.807) is 6.92 Å². The number of nitrogens with two attached hydrogens (primary N) is 3. The first-order valence-electron chi connectivity index (χ1n) is 11.2. The van der Waals surface area contributed by atoms with E-state index in [-0.39, 0.29) is 0 Å². The Hall–Kier alpha value is -1.57. The van der Waals surface area contributed by atoms with E-state index in [1.807, 2.05) is 13.0 Å². The maximum atomic E-state index is 5.86. The van der Waals surface area contributed by atoms with Crippen LogP contribution in [0, 0.1) is 11.3 Å². The molecule has 1 aliphatic carbocycles. The minimum Gasteiger partial charge on any atom is -0.402 e. The molecule has 7 heteroatoms. The fraction of sp³-hybridized carbons (Fsp3) is 0.625. The number of nitrogens with one attached hydrogen (secondary N) is 2. The normalized spacial score (nSPS) is 21.9. The Balaban J connectivity index is 0.000000557. The first kappa shape index (κ1) is 29.4. The molecule has 2 atom stereocenters. The van der Waals surface area contributed by atoms with Crippen molar-refractivity contribution < 1.29 is 4.74 Å². The fourth-order valence-electron chi connectivity index (χ4n) is 3.31. The third kappa shape index (κ3) is 14.2. The molecule has 8 N–H and O–H groups in total. The molecular weight excluding hydrogens is 454 g/mol. The van der Waals surface area contributed by atoms with Crippen molar-refractivity contribution in [2.75, 3.05) is 13.1 Å². The van der Waals surface area contributed by atoms with Gasteiger partial charge < -0.3 is 27.3 Å². The van der Waals surface area contributed by atoms with Crippen molar-refractivity contribution in [3.63, 3.8) is 0 Å². The van der Waals surface area contributed by atoms with Crippen LogP contribution in [0.3, 0.4) is 0 Å². The predicted molar refractivity (Wildman–Crippen MR) is 138 cm³/mol. The van der Waals surface area contributed by atoms with Gasteiger partial charge in [-0.15, -0.1) is 0 Å². The third-order valence-corrected chi connectivity index (χ3v) is 6.06. The Morgan fingerprint density at radius 1 is 1.26 bits per heavy atom. The Kier molecular flexibility index (Phi) is 17.1. The van der Waals surface area contributed by atoms with Crippen molar-refractivity contribution in [2.24, 2.45) is 23.1 Å². The van der Waals surface area contributed by atoms with Crippen LogP contribution in [0.4, 0.5) is 0 Å². The van der Waals surface area contributed by atoms with Gasteiger partial charge in [0.25, 0.3) is 0 Å². The molecule has 0 aromatic rings. The SMILES string of the molecule is C=C(N)C(=C(\C)N)/C(Br)=C\C.CC1CCC(/C=C/CCCNCC2CCC2)O1.N=CN. The molecule has 1 aliphatic heterocycles. The Morgan fingerprint density at radius 3 is 2.29 bits per heavy atom. The van der Waals surface area contributed by atoms with Crippen LogP contribution < -0.4 is 22.5 Å². The van der Waals surface area contributed by atoms with E-state index in [4.69, 9.17) is 21.6 Å². The van der Waals surface area contributed by atoms with Crippen molar-refractivity contribution >= 4 is 22.3 Å². The average molecular weight is 499 g/mol. The van der Waals surface area contributed by atoms with E-state index in [0.717, 1.165) is 22.3 Å². The summed E-state index contributed by atoms with van der Waals surface area (Å²) >= 11 is 3.33. The van der Waals surface area contributed by atoms with E-state index < -0.39 is 0 Å². The second-order valence-corrected chi connectivity index (χ2v) is 8.87. The molecule has 6 nitrogen and oxygen atoms in total. The number of allylic oxidation sites excluding steroid dienone is 4. The van der Waals surface area contributed by atoms with Gasteiger partial charge in [0.15, 0.2) is 0 Å². The highest BCUT2D eigenvalue weighted by Crippen LogP contribution is 2.25. The smallest absolute Gasteiger partial charge is 0.0765 e. The van der Waals surface area contributed by atoms with Gasteiger partial charge >= 0.3 is 0 Å². The van der Waals surface area contributed by atoms with Crippen molar-refractivity contribution in [1.82, 2.24) is 5.32 Å². The lowest BCUT2D eigenvalue weighted by atomic mass is 9.85. The summed E-state index contributed by atoms with van der Waals surface area (Å²) in [7, 11) is 0. The summed E-state index contributed by atoms with van der Waals surface area (Å²) in [6.45, 7) is 11.9. The molecule has 2 aliphatic rings. The number of unbranched alkanes of at least 4 members (excludes halogenated alkanes) is 1. The summed E-state index contributed by atoms with van der Waals surface area (Å²) in [5, 5.41) is 9.42. The fourth-order valence-corrected chi connectivity index (χ4v) is 3.88. The Bertz CT molecular complexity index is 607. The van der Waals surface area contributed by atoms with E-state index >= 15 is 0 Å². The monoisotopic (exact) mass is 497 g/mol. The molecule has 2 rings (SSSR count). The molecule has 0 bridgehead atoms. The van der Waals surface area contributed by atoms with Crippen molar-refractivity contribution in [1.29, 1.82) is 5.41 Å². The van der Waals surface area contributed by atoms with Crippen LogP contribution in [-0.4, -0.2) is 31.6 Å². The van der Waals surface area contributed by atoms with E-state index in [9.17, 15) is 0 Å². The molecule has 0 radical (unpaired) electrons. The summed E-state index contributed by atoms with van der Waals surface area (Å²) in [6.07, 6.45) is 17.3. The molecule has 178 valence electrons. The Morgan fingerprint density at radius 2 is 1.90 bits per heavy atom. The lowest BCUT2D eigenvalue weighted by molar-refractivity contribution is 0.0832. The van der Waals surface area contributed by atoms with Gasteiger partial charge in [0, 0.05) is 21.4 Å². The molecule has 31 heavy (non-hydrogen) atoms. The molecule has 0 spiro atoms. The molecule has 2 fully saturated rings. The summed E-state index contributed by atoms with van der Waals surface area (Å²) < 4.78 is 6.62. The highest BCUT2D eigenvalue weighted by atomic mass is 79.9. The second-order valence-electron chi connectivity index (χ2n) is 8.02. The number of halogens is 1. The standard InChI is InChI=1S/C15H27NO.C8H13BrN2.CH4N2/c1-13-9-10-15(17-13)8-3-2-4-11-16-12-14-6-5-7-14;1-4-7(9)8(5(2)10)6(3)11;2-1-3/h3,8,13-16H,2,4-7,9-12H2,1H3;4H,2,10-11H2,1,3H3;1H,(H3,2,3)/b8-3+;7-4+,8-6-;. The van der Waals surface area contributed by atoms with Gasteiger partial charge in [-0.05, 0) is 78.3 Å². The second kappa shape index (κ2) is 18.0. The minimum absolute atomic E-state index is 0.396. The summed E-state index contributed by atoms with van der Waals surface area (Å²) in [5.41, 5.74) is 17.4. The molecule has 2 unspecified atom stereocenters. The van der Waals surface area contributed by atoms with Crippen LogP contribution in [0.5, 0.6) is 0 Å². The number of ether oxygens (including phenoxy) is 1. The molecule has 0 amide bonds. The van der Waals surface area contributed by atoms with Crippen molar-refractivity contribution in [3.8, 4) is 0 Å². The van der Waals surface area contributed by atoms with Gasteiger partial charge in [0.05, 0.1) is 18.5 Å². The van der Waals surface area contributed by atoms with Gasteiger partial charge in [-0.2, -0.15) is 0 Å². The molecule has 1 saturated carbocycles. The van der Waals surface area contributed by atoms with Crippen LogP contribution in [0.15, 0.2) is 46.3 Å². The van der Waals surface area contributed by atoms with Gasteiger partial charge in [-0.1, -0.05) is 47.2 Å². The molecule has 1 heterocycles. The maximum absolute atomic E-state index is 5.86. The first-order chi connectivity index (χ1) is 14.8. The quantitative estimate of drug-likeness (QED) is 0.103. The zero-order valence-electron chi connectivity index (χ0n) is 19.6. The van der Waals surface area contributed by atoms with Gasteiger partial charge in [-0.25, -0.2) is 0 Å². The predicted octanol–water partition coefficient (Wildman–Crippen LogP) is 4.82. The van der Waals surface area contributed by atoms with Gasteiger partial charge in [-0.3, -0.25) is 5.41 Å². The molecule has 1 saturated heterocycles. The van der Waals surface area contributed by atoms with E-state index in [1.165, 1.54) is 58.0 Å². The molecular formula is C24H44BrN5O. The van der Waals surface area contributed by atoms with Gasteiger partial charge in [0.2, 0.25) is 0 Å². The van der Waals surface area contributed by atoms with Crippen molar-refractivity contribution in [3.05, 3.63) is 46.3 Å². The van der Waals surface area contributed by atoms with Crippen LogP contribution in [0.2, 0.25) is 0 Å². The largest absolute Gasteiger partial charge is 0.402 e. The third-order valence-electron chi connectivity index (χ3n) is 5.21. The van der Waals surface area contributed by atoms with Gasteiger partial charge in [0.1, 0.15) is 0 Å². The minimum atomic E-state index is 0.396. The van der Waals surface area contributed by atoms with Crippen LogP contribution >= 0.6 is 15.9 Å². The number of hydrogen-bond donors (Lipinski definition) is 5. The highest BCUT2D eigenvalue weighted by Gasteiger charge is 2.18. The zero-order chi connectivity index (χ0) is 23.6. The summed E-state index contributed by atoms with van der Waals surface area (Å²) in [6, 6.07) is 0. The van der Waals surface area contributed by atoms with Crippen LogP contribution in [0.1, 0.15) is 65.7 Å². The zero-order valence-corrected chi connectivity index (χ0v) is 21.2. The van der Waals surface area contributed by atoms with Crippen molar-refractivity contribution in [2.45, 2.75) is 77.9 Å². The number of hydrogen-bond acceptors (Lipinski definition) is 5. The Labute approximate surface area is 198 Å². The van der Waals surface area contributed by atoms with E-state index in [2.05, 4.69) is 52.6 Å². The molecule has 0 aromatic carbocycles. The lowest BCUT2D eigenvalue weighted by Gasteiger charge is -2.25. The van der Waals surface area contributed by atoms with Crippen LogP contribution in [-0.2, 0) is 4.74 Å². The summed E-state index contributed by atoms with van der Waals surface area (Å²) in [5.74, 6) is 0.985.